The summed E-state index contributed by atoms with van der Waals surface area (Å²) in [6.07, 6.45) is 4.44. The Balaban J connectivity index is 1.69. The largest absolute Gasteiger partial charge is 0.472 e. The molecule has 1 fully saturated rings. The molecule has 0 saturated carbocycles. The first kappa shape index (κ1) is 13.7. The number of H-pyrrole nitrogens is 1. The number of anilines is 1. The summed E-state index contributed by atoms with van der Waals surface area (Å²) in [6, 6.07) is 1.65. The third-order valence-corrected chi connectivity index (χ3v) is 3.82. The Morgan fingerprint density at radius 3 is 2.76 bits per heavy atom. The van der Waals surface area contributed by atoms with Crippen molar-refractivity contribution in [2.45, 2.75) is 0 Å². The number of hydrogen-bond acceptors (Lipinski definition) is 5. The molecule has 0 unspecified atom stereocenters. The molecule has 21 heavy (non-hydrogen) atoms. The molecular weight excluding hydrogens is 296 g/mol. The molecule has 7 nitrogen and oxygen atoms in total. The fraction of sp³-hybridized carbons (Fsp3) is 0.308. The van der Waals surface area contributed by atoms with Gasteiger partial charge in [-0.25, -0.2) is 5.10 Å². The molecule has 0 spiro atoms. The van der Waals surface area contributed by atoms with Crippen molar-refractivity contribution in [3.05, 3.63) is 45.7 Å². The summed E-state index contributed by atoms with van der Waals surface area (Å²) >= 11 is 5.99. The van der Waals surface area contributed by atoms with E-state index in [2.05, 4.69) is 10.2 Å². The lowest BCUT2D eigenvalue weighted by Crippen LogP contribution is -2.49. The van der Waals surface area contributed by atoms with Crippen LogP contribution in [-0.4, -0.2) is 47.2 Å². The quantitative estimate of drug-likeness (QED) is 0.894. The Labute approximate surface area is 125 Å². The van der Waals surface area contributed by atoms with E-state index in [1.807, 2.05) is 4.90 Å². The van der Waals surface area contributed by atoms with Crippen LogP contribution in [0, 0.1) is 0 Å². The zero-order chi connectivity index (χ0) is 14.8. The van der Waals surface area contributed by atoms with Crippen LogP contribution >= 0.6 is 11.6 Å². The van der Waals surface area contributed by atoms with Crippen LogP contribution < -0.4 is 10.5 Å². The topological polar surface area (TPSA) is 82.4 Å². The van der Waals surface area contributed by atoms with Crippen molar-refractivity contribution in [3.8, 4) is 0 Å². The van der Waals surface area contributed by atoms with Crippen molar-refractivity contribution < 1.29 is 9.21 Å². The molecule has 0 bridgehead atoms. The molecular formula is C13H13ClN4O3. The molecule has 8 heteroatoms. The zero-order valence-electron chi connectivity index (χ0n) is 11.1. The monoisotopic (exact) mass is 308 g/mol. The lowest BCUT2D eigenvalue weighted by Gasteiger charge is -2.35. The van der Waals surface area contributed by atoms with Crippen LogP contribution in [0.25, 0.3) is 0 Å². The molecule has 2 aromatic heterocycles. The standard InChI is InChI=1S/C13H13ClN4O3/c14-11-10(7-15-16-12(11)19)17-2-4-18(5-3-17)13(20)9-1-6-21-8-9/h1,6-8H,2-5H2,(H,16,19). The van der Waals surface area contributed by atoms with Gasteiger partial charge in [-0.2, -0.15) is 5.10 Å². The van der Waals surface area contributed by atoms with E-state index >= 15 is 0 Å². The molecule has 1 amide bonds. The number of aromatic nitrogens is 2. The number of furan rings is 1. The summed E-state index contributed by atoms with van der Waals surface area (Å²) in [5.41, 5.74) is 0.723. The normalized spacial score (nSPS) is 15.3. The highest BCUT2D eigenvalue weighted by molar-refractivity contribution is 6.33. The van der Waals surface area contributed by atoms with Gasteiger partial charge in [0, 0.05) is 26.2 Å². The van der Waals surface area contributed by atoms with Crippen LogP contribution in [0.5, 0.6) is 0 Å². The van der Waals surface area contributed by atoms with Crippen molar-refractivity contribution >= 4 is 23.2 Å². The number of nitrogens with one attached hydrogen (secondary N) is 1. The Morgan fingerprint density at radius 2 is 2.10 bits per heavy atom. The summed E-state index contributed by atoms with van der Waals surface area (Å²) in [6.45, 7) is 2.28. The summed E-state index contributed by atoms with van der Waals surface area (Å²) < 4.78 is 4.92. The first-order valence-corrected chi connectivity index (χ1v) is 6.84. The second kappa shape index (κ2) is 5.61. The maximum atomic E-state index is 12.2. The summed E-state index contributed by atoms with van der Waals surface area (Å²) in [5.74, 6) is -0.0569. The number of piperazine rings is 1. The van der Waals surface area contributed by atoms with Crippen molar-refractivity contribution in [1.29, 1.82) is 0 Å². The van der Waals surface area contributed by atoms with Crippen LogP contribution in [0.3, 0.4) is 0 Å². The first-order valence-electron chi connectivity index (χ1n) is 6.46. The molecule has 2 aromatic rings. The highest BCUT2D eigenvalue weighted by Crippen LogP contribution is 2.22. The SMILES string of the molecule is O=C(c1ccoc1)N1CCN(c2cn[nH]c(=O)c2Cl)CC1. The molecule has 3 rings (SSSR count). The van der Waals surface area contributed by atoms with E-state index in [0.717, 1.165) is 0 Å². The lowest BCUT2D eigenvalue weighted by molar-refractivity contribution is 0.0746. The summed E-state index contributed by atoms with van der Waals surface area (Å²) in [5, 5.41) is 6.17. The van der Waals surface area contributed by atoms with E-state index in [1.54, 1.807) is 11.0 Å². The average Bonchev–Trinajstić information content (AvgIpc) is 3.04. The molecule has 0 radical (unpaired) electrons. The molecule has 3 heterocycles. The maximum absolute atomic E-state index is 12.2. The van der Waals surface area contributed by atoms with Crippen LogP contribution in [0.15, 0.2) is 34.0 Å². The number of carbonyl (C=O) groups excluding carboxylic acids is 1. The van der Waals surface area contributed by atoms with E-state index in [9.17, 15) is 9.59 Å². The minimum absolute atomic E-state index is 0.0569. The number of nitrogens with zero attached hydrogens (tertiary/aromatic N) is 3. The third kappa shape index (κ3) is 2.64. The highest BCUT2D eigenvalue weighted by Gasteiger charge is 2.24. The van der Waals surface area contributed by atoms with Crippen molar-refractivity contribution in [2.24, 2.45) is 0 Å². The van der Waals surface area contributed by atoms with Gasteiger partial charge in [-0.05, 0) is 6.07 Å². The number of halogens is 1. The maximum Gasteiger partial charge on any atom is 0.285 e. The van der Waals surface area contributed by atoms with Gasteiger partial charge in [0.25, 0.3) is 11.5 Å². The number of aromatic amines is 1. The molecule has 1 N–H and O–H groups in total. The molecule has 0 aromatic carbocycles. The van der Waals surface area contributed by atoms with Gasteiger partial charge in [0.05, 0.1) is 23.7 Å². The van der Waals surface area contributed by atoms with Crippen LogP contribution in [-0.2, 0) is 0 Å². The molecule has 1 aliphatic rings. The fourth-order valence-corrected chi connectivity index (χ4v) is 2.52. The predicted molar refractivity (Wildman–Crippen MR) is 76.7 cm³/mol. The fourth-order valence-electron chi connectivity index (χ4n) is 2.31. The molecule has 0 atom stereocenters. The zero-order valence-corrected chi connectivity index (χ0v) is 11.8. The molecule has 0 aliphatic carbocycles. The first-order chi connectivity index (χ1) is 10.2. The van der Waals surface area contributed by atoms with Crippen LogP contribution in [0.1, 0.15) is 10.4 Å². The van der Waals surface area contributed by atoms with Crippen LogP contribution in [0.2, 0.25) is 5.02 Å². The van der Waals surface area contributed by atoms with Gasteiger partial charge in [-0.3, -0.25) is 9.59 Å². The van der Waals surface area contributed by atoms with Crippen LogP contribution in [0.4, 0.5) is 5.69 Å². The van der Waals surface area contributed by atoms with E-state index in [4.69, 9.17) is 16.0 Å². The van der Waals surface area contributed by atoms with Gasteiger partial charge in [0.1, 0.15) is 11.3 Å². The van der Waals surface area contributed by atoms with Crippen molar-refractivity contribution in [1.82, 2.24) is 15.1 Å². The summed E-state index contributed by atoms with van der Waals surface area (Å²) in [7, 11) is 0. The van der Waals surface area contributed by atoms with Gasteiger partial charge >= 0.3 is 0 Å². The second-order valence-corrected chi connectivity index (χ2v) is 5.07. The third-order valence-electron chi connectivity index (χ3n) is 3.45. The van der Waals surface area contributed by atoms with Gasteiger partial charge in [-0.15, -0.1) is 0 Å². The summed E-state index contributed by atoms with van der Waals surface area (Å²) in [4.78, 5) is 27.3. The number of carbonyl (C=O) groups is 1. The predicted octanol–water partition coefficient (Wildman–Crippen LogP) is 0.979. The smallest absolute Gasteiger partial charge is 0.285 e. The Morgan fingerprint density at radius 1 is 1.33 bits per heavy atom. The Kier molecular flexibility index (Phi) is 3.66. The number of hydrogen-bond donors (Lipinski definition) is 1. The minimum Gasteiger partial charge on any atom is -0.472 e. The van der Waals surface area contributed by atoms with Crippen molar-refractivity contribution in [2.75, 3.05) is 31.1 Å². The second-order valence-electron chi connectivity index (χ2n) is 4.69. The van der Waals surface area contributed by atoms with Gasteiger partial charge in [0.15, 0.2) is 0 Å². The van der Waals surface area contributed by atoms with E-state index in [0.29, 0.717) is 37.4 Å². The van der Waals surface area contributed by atoms with Gasteiger partial charge in [0.2, 0.25) is 0 Å². The van der Waals surface area contributed by atoms with Gasteiger partial charge in [-0.1, -0.05) is 11.6 Å². The van der Waals surface area contributed by atoms with Gasteiger partial charge < -0.3 is 14.2 Å². The lowest BCUT2D eigenvalue weighted by atomic mass is 10.2. The van der Waals surface area contributed by atoms with E-state index in [1.165, 1.54) is 18.7 Å². The Hall–Kier alpha value is -2.28. The molecule has 1 aliphatic heterocycles. The Bertz CT molecular complexity index is 690. The highest BCUT2D eigenvalue weighted by atomic mass is 35.5. The molecule has 1 saturated heterocycles. The van der Waals surface area contributed by atoms with E-state index in [-0.39, 0.29) is 10.9 Å². The molecule has 110 valence electrons. The van der Waals surface area contributed by atoms with Crippen molar-refractivity contribution in [3.63, 3.8) is 0 Å². The minimum atomic E-state index is -0.411. The average molecular weight is 309 g/mol. The number of amides is 1. The number of rotatable bonds is 2. The van der Waals surface area contributed by atoms with E-state index < -0.39 is 5.56 Å².